The largest absolute Gasteiger partial charge is 0.744 e. The number of nitrogens with zero attached hydrogens (tertiary/aromatic N) is 1. The first kappa shape index (κ1) is 20.3. The van der Waals surface area contributed by atoms with Crippen molar-refractivity contribution in [2.24, 2.45) is 0 Å². The second-order valence-corrected chi connectivity index (χ2v) is 6.90. The number of hydrogen-bond acceptors (Lipinski definition) is 5. The molecule has 0 heterocycles. The van der Waals surface area contributed by atoms with Crippen molar-refractivity contribution >= 4 is 15.8 Å². The van der Waals surface area contributed by atoms with Crippen LogP contribution in [0.2, 0.25) is 0 Å². The highest BCUT2D eigenvalue weighted by atomic mass is 127. The topological polar surface area (TPSA) is 100 Å². The van der Waals surface area contributed by atoms with E-state index in [2.05, 4.69) is 0 Å². The number of benzene rings is 2. The Balaban J connectivity index is 0.000000254. The molecule has 0 fully saturated rings. The van der Waals surface area contributed by atoms with Crippen LogP contribution in [0.3, 0.4) is 0 Å². The number of rotatable bonds is 2. The van der Waals surface area contributed by atoms with E-state index in [0.29, 0.717) is 12.1 Å². The van der Waals surface area contributed by atoms with Crippen LogP contribution in [0.4, 0.5) is 18.9 Å². The molecular formula is C13H9F3INO5S. The summed E-state index contributed by atoms with van der Waals surface area (Å²) in [6.07, 6.45) is -4.84. The molecule has 2 aromatic rings. The molecule has 0 saturated carbocycles. The lowest BCUT2D eigenvalue weighted by Crippen LogP contribution is -3.34. The molecule has 0 amide bonds. The summed E-state index contributed by atoms with van der Waals surface area (Å²) in [5.41, 5.74) is -1.28. The Labute approximate surface area is 148 Å². The zero-order valence-corrected chi connectivity index (χ0v) is 14.7. The third kappa shape index (κ3) is 6.05. The van der Waals surface area contributed by atoms with Crippen LogP contribution in [0, 0.1) is 13.7 Å². The number of alkyl halides is 3. The molecule has 0 aliphatic heterocycles. The van der Waals surface area contributed by atoms with Crippen LogP contribution in [0.15, 0.2) is 53.4 Å². The maximum absolute atomic E-state index is 12.2. The Hall–Kier alpha value is -1.73. The van der Waals surface area contributed by atoms with Crippen molar-refractivity contribution in [2.75, 3.05) is 0 Å². The number of halogens is 4. The van der Waals surface area contributed by atoms with Gasteiger partial charge in [0.05, 0.1) is 21.4 Å². The maximum atomic E-state index is 12.2. The van der Waals surface area contributed by atoms with Gasteiger partial charge in [-0.05, 0) is 18.2 Å². The van der Waals surface area contributed by atoms with E-state index in [-0.39, 0.29) is 5.69 Å². The highest BCUT2D eigenvalue weighted by Gasteiger charge is 2.34. The standard InChI is InChI=1S/C7H5F3O3S.C6H5INO2/c8-7(9,10)5-3-1-2-4-6(5)14(11,12)13;7-5-2-1-3-6(4-5)8(9)10/h1-4H,(H,11,12,13);1-4,7H/q;+1/p-1. The molecule has 0 aliphatic rings. The maximum Gasteiger partial charge on any atom is 0.417 e. The number of nitro benzene ring substituents is 1. The SMILES string of the molecule is O=S(=O)([O-])c1ccccc1C(F)(F)F.O=[N+]([O-])c1cccc([IH+])c1. The van der Waals surface area contributed by atoms with Gasteiger partial charge in [0, 0.05) is 6.07 Å². The molecule has 0 atom stereocenters. The van der Waals surface area contributed by atoms with Crippen molar-refractivity contribution in [1.82, 2.24) is 0 Å². The first-order valence-electron chi connectivity index (χ1n) is 5.96. The highest BCUT2D eigenvalue weighted by molar-refractivity contribution is 7.85. The monoisotopic (exact) mass is 475 g/mol. The van der Waals surface area contributed by atoms with Crippen molar-refractivity contribution in [2.45, 2.75) is 11.1 Å². The molecular weight excluding hydrogens is 466 g/mol. The van der Waals surface area contributed by atoms with Gasteiger partial charge in [0.15, 0.2) is 3.57 Å². The van der Waals surface area contributed by atoms with Gasteiger partial charge in [-0.25, -0.2) is 8.42 Å². The summed E-state index contributed by atoms with van der Waals surface area (Å²) < 4.78 is 68.8. The van der Waals surface area contributed by atoms with Gasteiger partial charge in [-0.15, -0.1) is 0 Å². The van der Waals surface area contributed by atoms with E-state index in [1.807, 2.05) is 6.07 Å². The minimum absolute atomic E-state index is 0.155. The summed E-state index contributed by atoms with van der Waals surface area (Å²) in [4.78, 5) is 8.52. The lowest BCUT2D eigenvalue weighted by Gasteiger charge is -2.14. The summed E-state index contributed by atoms with van der Waals surface area (Å²) in [6, 6.07) is 9.78. The second kappa shape index (κ2) is 7.90. The van der Waals surface area contributed by atoms with Crippen LogP contribution < -0.4 is 22.6 Å². The molecule has 0 aliphatic carbocycles. The molecule has 0 bridgehead atoms. The average molecular weight is 475 g/mol. The molecule has 24 heavy (non-hydrogen) atoms. The Morgan fingerprint density at radius 3 is 2.00 bits per heavy atom. The van der Waals surface area contributed by atoms with Crippen LogP contribution in [0.1, 0.15) is 5.56 Å². The van der Waals surface area contributed by atoms with E-state index in [1.165, 1.54) is 6.07 Å². The summed E-state index contributed by atoms with van der Waals surface area (Å²) >= 11 is 1.76. The molecule has 130 valence electrons. The molecule has 0 radical (unpaired) electrons. The van der Waals surface area contributed by atoms with Crippen LogP contribution in [0.5, 0.6) is 0 Å². The van der Waals surface area contributed by atoms with Crippen LogP contribution in [-0.4, -0.2) is 17.9 Å². The highest BCUT2D eigenvalue weighted by Crippen LogP contribution is 2.33. The molecule has 0 aromatic heterocycles. The predicted molar refractivity (Wildman–Crippen MR) is 72.6 cm³/mol. The summed E-state index contributed by atoms with van der Waals surface area (Å²) in [6.45, 7) is 0. The molecule has 0 spiro atoms. The average Bonchev–Trinajstić information content (AvgIpc) is 2.46. The van der Waals surface area contributed by atoms with E-state index in [4.69, 9.17) is 0 Å². The Kier molecular flexibility index (Phi) is 6.68. The Morgan fingerprint density at radius 1 is 1.04 bits per heavy atom. The smallest absolute Gasteiger partial charge is 0.417 e. The fraction of sp³-hybridized carbons (Fsp3) is 0.0769. The van der Waals surface area contributed by atoms with Crippen LogP contribution >= 0.6 is 0 Å². The normalized spacial score (nSPS) is 11.4. The van der Waals surface area contributed by atoms with E-state index in [1.54, 1.807) is 34.7 Å². The summed E-state index contributed by atoms with van der Waals surface area (Å²) in [5.74, 6) is 0. The zero-order chi connectivity index (χ0) is 18.5. The fourth-order valence-corrected chi connectivity index (χ4v) is 2.78. The van der Waals surface area contributed by atoms with Gasteiger partial charge < -0.3 is 4.55 Å². The van der Waals surface area contributed by atoms with Gasteiger partial charge in [0.25, 0.3) is 28.3 Å². The molecule has 0 saturated heterocycles. The zero-order valence-electron chi connectivity index (χ0n) is 11.6. The van der Waals surface area contributed by atoms with Gasteiger partial charge in [-0.2, -0.15) is 13.2 Å². The van der Waals surface area contributed by atoms with Gasteiger partial charge in [-0.1, -0.05) is 18.2 Å². The molecule has 2 aromatic carbocycles. The number of nitro groups is 1. The first-order valence-corrected chi connectivity index (χ1v) is 8.54. The predicted octanol–water partition coefficient (Wildman–Crippen LogP) is -0.340. The Bertz CT molecular complexity index is 839. The second-order valence-electron chi connectivity index (χ2n) is 4.20. The van der Waals surface area contributed by atoms with Gasteiger partial charge in [0.1, 0.15) is 10.1 Å². The van der Waals surface area contributed by atoms with E-state index in [0.717, 1.165) is 15.7 Å². The van der Waals surface area contributed by atoms with Crippen LogP contribution in [-0.2, 0) is 16.3 Å². The van der Waals surface area contributed by atoms with Crippen molar-refractivity contribution < 1.29 is 53.7 Å². The van der Waals surface area contributed by atoms with Crippen molar-refractivity contribution in [3.8, 4) is 0 Å². The first-order chi connectivity index (χ1) is 10.9. The van der Waals surface area contributed by atoms with E-state index < -0.39 is 31.7 Å². The molecule has 2 rings (SSSR count). The lowest BCUT2D eigenvalue weighted by molar-refractivity contribution is -0.387. The molecule has 6 nitrogen and oxygen atoms in total. The lowest BCUT2D eigenvalue weighted by atomic mass is 10.2. The van der Waals surface area contributed by atoms with Crippen LogP contribution in [0.25, 0.3) is 0 Å². The summed E-state index contributed by atoms with van der Waals surface area (Å²) in [5, 5.41) is 10.2. The summed E-state index contributed by atoms with van der Waals surface area (Å²) in [7, 11) is -5.09. The fourth-order valence-electron chi connectivity index (χ4n) is 1.52. The van der Waals surface area contributed by atoms with E-state index in [9.17, 15) is 36.3 Å². The minimum atomic E-state index is -5.09. The van der Waals surface area contributed by atoms with Gasteiger partial charge >= 0.3 is 6.18 Å². The van der Waals surface area contributed by atoms with Gasteiger partial charge in [0.2, 0.25) is 0 Å². The molecule has 0 unspecified atom stereocenters. The van der Waals surface area contributed by atoms with Crippen molar-refractivity contribution in [1.29, 1.82) is 0 Å². The van der Waals surface area contributed by atoms with E-state index >= 15 is 0 Å². The molecule has 11 heteroatoms. The van der Waals surface area contributed by atoms with Crippen molar-refractivity contribution in [3.05, 3.63) is 67.8 Å². The minimum Gasteiger partial charge on any atom is -0.744 e. The van der Waals surface area contributed by atoms with Gasteiger partial charge in [-0.3, -0.25) is 10.1 Å². The number of non-ortho nitro benzene ring substituents is 1. The quantitative estimate of drug-likeness (QED) is 0.256. The van der Waals surface area contributed by atoms with Crippen molar-refractivity contribution in [3.63, 3.8) is 0 Å². The third-order valence-electron chi connectivity index (χ3n) is 2.49. The molecule has 0 N–H and O–H groups in total. The Morgan fingerprint density at radius 2 is 1.62 bits per heavy atom. The third-order valence-corrected chi connectivity index (χ3v) is 4.11. The number of hydrogen-bond donors (Lipinski definition) is 0.